The van der Waals surface area contributed by atoms with Gasteiger partial charge >= 0.3 is 5.69 Å². The third-order valence-corrected chi connectivity index (χ3v) is 1.40. The molecule has 1 heterocycles. The average Bonchev–Trinajstić information content (AvgIpc) is 1.82. The van der Waals surface area contributed by atoms with Gasteiger partial charge in [0.2, 0.25) is 0 Å². The normalized spacial score (nSPS) is 9.70. The van der Waals surface area contributed by atoms with Crippen LogP contribution in [0, 0.1) is 0 Å². The topological polar surface area (TPSA) is 54.9 Å². The van der Waals surface area contributed by atoms with Crippen LogP contribution in [0.1, 0.15) is 0 Å². The molecule has 0 amide bonds. The van der Waals surface area contributed by atoms with Crippen LogP contribution < -0.4 is 16.8 Å². The third kappa shape index (κ3) is 1.02. The van der Waals surface area contributed by atoms with Gasteiger partial charge in [-0.15, -0.1) is 0 Å². The predicted molar refractivity (Wildman–Crippen MR) is 40.5 cm³/mol. The first-order valence-corrected chi connectivity index (χ1v) is 2.88. The van der Waals surface area contributed by atoms with Gasteiger partial charge in [0.25, 0.3) is 5.56 Å². The zero-order valence-electron chi connectivity index (χ0n) is 5.84. The second-order valence-electron chi connectivity index (χ2n) is 2.14. The first-order valence-electron chi connectivity index (χ1n) is 2.88. The number of H-pyrrole nitrogens is 1. The second-order valence-corrected chi connectivity index (χ2v) is 2.14. The number of hydrogen-bond donors (Lipinski definition) is 1. The predicted octanol–water partition coefficient (Wildman–Crippen LogP) is -2.67. The Bertz CT molecular complexity index is 351. The Labute approximate surface area is 57.9 Å². The molecule has 5 heteroatoms. The molecule has 0 saturated heterocycles. The van der Waals surface area contributed by atoms with E-state index in [9.17, 15) is 9.59 Å². The highest BCUT2D eigenvalue weighted by Crippen LogP contribution is 1.57. The fraction of sp³-hybridized carbons (Fsp3) is 0.200. The van der Waals surface area contributed by atoms with Crippen LogP contribution in [0.5, 0.6) is 0 Å². The van der Waals surface area contributed by atoms with E-state index in [1.807, 2.05) is 0 Å². The highest BCUT2D eigenvalue weighted by atomic mass is 16.2. The molecular weight excluding hydrogens is 131 g/mol. The van der Waals surface area contributed by atoms with E-state index in [2.05, 4.69) is 4.98 Å². The monoisotopic (exact) mass is 138 g/mol. The average molecular weight is 138 g/mol. The van der Waals surface area contributed by atoms with Gasteiger partial charge in [-0.2, -0.15) is 0 Å². The molecule has 0 aliphatic rings. The molecule has 0 aromatic carbocycles. The number of aromatic nitrogens is 2. The van der Waals surface area contributed by atoms with E-state index < -0.39 is 0 Å². The van der Waals surface area contributed by atoms with Gasteiger partial charge in [-0.1, -0.05) is 0 Å². The summed E-state index contributed by atoms with van der Waals surface area (Å²) in [7, 11) is 3.31. The van der Waals surface area contributed by atoms with E-state index in [-0.39, 0.29) is 11.2 Å². The quantitative estimate of drug-likeness (QED) is 0.397. The minimum atomic E-state index is -0.370. The Balaban J connectivity index is 3.62. The fourth-order valence-electron chi connectivity index (χ4n) is 0.672. The summed E-state index contributed by atoms with van der Waals surface area (Å²) in [6.45, 7) is 0. The van der Waals surface area contributed by atoms with Crippen molar-refractivity contribution in [2.75, 3.05) is 0 Å². The minimum absolute atomic E-state index is 0.347. The lowest BCUT2D eigenvalue weighted by Crippen LogP contribution is -2.38. The van der Waals surface area contributed by atoms with Gasteiger partial charge in [0.1, 0.15) is 0 Å². The van der Waals surface area contributed by atoms with Crippen LogP contribution in [0.25, 0.3) is 0 Å². The molecule has 0 atom stereocenters. The van der Waals surface area contributed by atoms with Crippen molar-refractivity contribution in [1.29, 1.82) is 0 Å². The molecule has 0 bridgehead atoms. The van der Waals surface area contributed by atoms with E-state index in [0.717, 1.165) is 0 Å². The lowest BCUT2D eigenvalue weighted by Gasteiger charge is -1.98. The Hall–Kier alpha value is -1.26. The van der Waals surface area contributed by atoms with Crippen molar-refractivity contribution < 1.29 is 0 Å². The molecule has 0 fully saturated rings. The molecule has 0 unspecified atom stereocenters. The maximum absolute atomic E-state index is 10.8. The van der Waals surface area contributed by atoms with Gasteiger partial charge in [-0.3, -0.25) is 9.78 Å². The van der Waals surface area contributed by atoms with Gasteiger partial charge in [0.15, 0.2) is 7.85 Å². The Morgan fingerprint density at radius 3 is 2.70 bits per heavy atom. The third-order valence-electron chi connectivity index (χ3n) is 1.40. The van der Waals surface area contributed by atoms with Gasteiger partial charge in [0.05, 0.1) is 0 Å². The summed E-state index contributed by atoms with van der Waals surface area (Å²) in [6.07, 6.45) is 0. The van der Waals surface area contributed by atoms with Crippen LogP contribution in [0.3, 0.4) is 0 Å². The molecule has 1 aromatic rings. The summed E-state index contributed by atoms with van der Waals surface area (Å²) in [5.41, 5.74) is -0.0562. The van der Waals surface area contributed by atoms with Crippen LogP contribution in [-0.2, 0) is 7.05 Å². The minimum Gasteiger partial charge on any atom is -0.310 e. The number of rotatable bonds is 0. The summed E-state index contributed by atoms with van der Waals surface area (Å²) in [6, 6.07) is 1.38. The molecule has 0 spiro atoms. The molecular formula is C5H7BN2O2. The Morgan fingerprint density at radius 2 is 2.20 bits per heavy atom. The Morgan fingerprint density at radius 1 is 1.60 bits per heavy atom. The number of nitrogens with one attached hydrogen (secondary N) is 1. The molecule has 0 aliphatic heterocycles. The van der Waals surface area contributed by atoms with Crippen molar-refractivity contribution in [2.24, 2.45) is 7.05 Å². The van der Waals surface area contributed by atoms with Crippen LogP contribution in [0.2, 0.25) is 0 Å². The van der Waals surface area contributed by atoms with Crippen molar-refractivity contribution in [2.45, 2.75) is 0 Å². The molecule has 0 saturated carbocycles. The smallest absolute Gasteiger partial charge is 0.310 e. The van der Waals surface area contributed by atoms with Crippen molar-refractivity contribution in [3.63, 3.8) is 0 Å². The van der Waals surface area contributed by atoms with Crippen molar-refractivity contribution >= 4 is 13.4 Å². The molecule has 1 rings (SSSR count). The molecule has 1 N–H and O–H groups in total. The molecule has 0 aliphatic carbocycles. The van der Waals surface area contributed by atoms with Crippen LogP contribution in [0.15, 0.2) is 15.7 Å². The highest BCUT2D eigenvalue weighted by molar-refractivity contribution is 6.30. The highest BCUT2D eigenvalue weighted by Gasteiger charge is 1.93. The van der Waals surface area contributed by atoms with E-state index in [1.54, 1.807) is 14.9 Å². The zero-order valence-corrected chi connectivity index (χ0v) is 5.84. The lowest BCUT2D eigenvalue weighted by atomic mass is 10.0. The molecule has 4 nitrogen and oxygen atoms in total. The number of nitrogens with zero attached hydrogens (tertiary/aromatic N) is 1. The van der Waals surface area contributed by atoms with Crippen molar-refractivity contribution in [1.82, 2.24) is 9.55 Å². The fourth-order valence-corrected chi connectivity index (χ4v) is 0.672. The summed E-state index contributed by atoms with van der Waals surface area (Å²) >= 11 is 0. The summed E-state index contributed by atoms with van der Waals surface area (Å²) < 4.78 is 1.38. The van der Waals surface area contributed by atoms with Crippen LogP contribution in [0.4, 0.5) is 0 Å². The van der Waals surface area contributed by atoms with E-state index in [1.165, 1.54) is 10.6 Å². The molecule has 0 radical (unpaired) electrons. The molecule has 10 heavy (non-hydrogen) atoms. The van der Waals surface area contributed by atoms with E-state index in [0.29, 0.717) is 5.59 Å². The van der Waals surface area contributed by atoms with Gasteiger partial charge in [-0.05, 0) is 5.59 Å². The second kappa shape index (κ2) is 2.17. The Kier molecular flexibility index (Phi) is 1.49. The first-order chi connectivity index (χ1) is 4.61. The van der Waals surface area contributed by atoms with E-state index >= 15 is 0 Å². The summed E-state index contributed by atoms with van der Waals surface area (Å²) in [5, 5.41) is 0. The zero-order chi connectivity index (χ0) is 7.72. The maximum atomic E-state index is 10.8. The summed E-state index contributed by atoms with van der Waals surface area (Å²) in [4.78, 5) is 23.5. The molecule has 52 valence electrons. The lowest BCUT2D eigenvalue weighted by molar-refractivity contribution is 0.826. The number of hydrogen-bond acceptors (Lipinski definition) is 2. The standard InChI is InChI=1S/C5H7BN2O2/c1-8-3(6)2-4(9)7-5(8)10/h2H,6H2,1H3,(H,7,9,10). The van der Waals surface area contributed by atoms with Gasteiger partial charge < -0.3 is 4.57 Å². The number of aromatic amines is 1. The van der Waals surface area contributed by atoms with Gasteiger partial charge in [0, 0.05) is 13.1 Å². The van der Waals surface area contributed by atoms with Crippen LogP contribution >= 0.6 is 0 Å². The van der Waals surface area contributed by atoms with Crippen LogP contribution in [-0.4, -0.2) is 17.4 Å². The van der Waals surface area contributed by atoms with E-state index in [4.69, 9.17) is 0 Å². The van der Waals surface area contributed by atoms with Crippen molar-refractivity contribution in [3.05, 3.63) is 26.9 Å². The van der Waals surface area contributed by atoms with Gasteiger partial charge in [-0.25, -0.2) is 4.79 Å². The maximum Gasteiger partial charge on any atom is 0.327 e. The first kappa shape index (κ1) is 6.86. The summed E-state index contributed by atoms with van der Waals surface area (Å²) in [5.74, 6) is 0. The largest absolute Gasteiger partial charge is 0.327 e. The molecule has 1 aromatic heterocycles. The SMILES string of the molecule is Bc1cc(=O)[nH]c(=O)n1C. The van der Waals surface area contributed by atoms with Crippen molar-refractivity contribution in [3.8, 4) is 0 Å².